The molecular formula is C17H30O. The van der Waals surface area contributed by atoms with Crippen LogP contribution in [0.4, 0.5) is 0 Å². The van der Waals surface area contributed by atoms with Crippen molar-refractivity contribution in [1.82, 2.24) is 0 Å². The quantitative estimate of drug-likeness (QED) is 0.738. The zero-order valence-corrected chi connectivity index (χ0v) is 12.6. The third-order valence-corrected chi connectivity index (χ3v) is 7.60. The molecule has 2 bridgehead atoms. The molecule has 0 aromatic heterocycles. The van der Waals surface area contributed by atoms with Crippen LogP contribution in [0.3, 0.4) is 0 Å². The van der Waals surface area contributed by atoms with E-state index in [0.29, 0.717) is 22.7 Å². The van der Waals surface area contributed by atoms with Gasteiger partial charge in [-0.3, -0.25) is 0 Å². The van der Waals surface area contributed by atoms with Crippen LogP contribution in [-0.4, -0.2) is 11.2 Å². The average Bonchev–Trinajstić information content (AvgIpc) is 2.65. The van der Waals surface area contributed by atoms with Crippen molar-refractivity contribution in [2.75, 3.05) is 0 Å². The zero-order chi connectivity index (χ0) is 13.1. The fraction of sp³-hybridized carbons (Fsp3) is 1.00. The van der Waals surface area contributed by atoms with E-state index in [2.05, 4.69) is 27.7 Å². The molecule has 6 atom stereocenters. The molecule has 1 N–H and O–H groups in total. The molecule has 0 radical (unpaired) electrons. The van der Waals surface area contributed by atoms with Crippen molar-refractivity contribution in [3.8, 4) is 0 Å². The Kier molecular flexibility index (Phi) is 2.86. The second-order valence-corrected chi connectivity index (χ2v) is 8.28. The molecule has 0 amide bonds. The second-order valence-electron chi connectivity index (χ2n) is 8.28. The molecule has 3 fully saturated rings. The van der Waals surface area contributed by atoms with Crippen molar-refractivity contribution >= 4 is 0 Å². The van der Waals surface area contributed by atoms with E-state index in [4.69, 9.17) is 0 Å². The first kappa shape index (κ1) is 13.0. The van der Waals surface area contributed by atoms with Gasteiger partial charge in [0.2, 0.25) is 0 Å². The van der Waals surface area contributed by atoms with E-state index in [9.17, 15) is 5.11 Å². The highest BCUT2D eigenvalue weighted by atomic mass is 16.3. The largest absolute Gasteiger partial charge is 0.393 e. The van der Waals surface area contributed by atoms with Crippen LogP contribution in [0, 0.1) is 34.5 Å². The molecule has 104 valence electrons. The Morgan fingerprint density at radius 1 is 1.06 bits per heavy atom. The highest BCUT2D eigenvalue weighted by Crippen LogP contribution is 2.70. The average molecular weight is 250 g/mol. The van der Waals surface area contributed by atoms with Crippen LogP contribution in [0.15, 0.2) is 0 Å². The van der Waals surface area contributed by atoms with E-state index in [1.54, 1.807) is 0 Å². The number of aliphatic hydroxyl groups is 1. The number of fused-ring (bicyclic) bond motifs is 2. The van der Waals surface area contributed by atoms with Crippen LogP contribution >= 0.6 is 0 Å². The maximum atomic E-state index is 10.6. The lowest BCUT2D eigenvalue weighted by molar-refractivity contribution is -0.0455. The summed E-state index contributed by atoms with van der Waals surface area (Å²) >= 11 is 0. The fourth-order valence-corrected chi connectivity index (χ4v) is 5.79. The minimum Gasteiger partial charge on any atom is -0.393 e. The molecular weight excluding hydrogens is 220 g/mol. The summed E-state index contributed by atoms with van der Waals surface area (Å²) < 4.78 is 0. The summed E-state index contributed by atoms with van der Waals surface area (Å²) in [7, 11) is 0. The van der Waals surface area contributed by atoms with Gasteiger partial charge in [0.1, 0.15) is 0 Å². The number of aliphatic hydroxyl groups excluding tert-OH is 1. The summed E-state index contributed by atoms with van der Waals surface area (Å²) in [6.45, 7) is 9.75. The van der Waals surface area contributed by atoms with Crippen LogP contribution < -0.4 is 0 Å². The molecule has 0 unspecified atom stereocenters. The lowest BCUT2D eigenvalue weighted by atomic mass is 9.59. The summed E-state index contributed by atoms with van der Waals surface area (Å²) in [5.74, 6) is 2.80. The lowest BCUT2D eigenvalue weighted by Gasteiger charge is -2.46. The first-order valence-corrected chi connectivity index (χ1v) is 8.06. The van der Waals surface area contributed by atoms with Gasteiger partial charge in [0, 0.05) is 0 Å². The predicted octanol–water partition coefficient (Wildman–Crippen LogP) is 4.25. The fourth-order valence-electron chi connectivity index (χ4n) is 5.79. The molecule has 3 aliphatic rings. The van der Waals surface area contributed by atoms with Gasteiger partial charge in [-0.05, 0) is 66.6 Å². The molecule has 3 rings (SSSR count). The summed E-state index contributed by atoms with van der Waals surface area (Å²) in [6, 6.07) is 0. The molecule has 1 nitrogen and oxygen atoms in total. The van der Waals surface area contributed by atoms with E-state index in [1.165, 1.54) is 38.5 Å². The van der Waals surface area contributed by atoms with Crippen molar-refractivity contribution in [3.63, 3.8) is 0 Å². The third-order valence-electron chi connectivity index (χ3n) is 7.60. The van der Waals surface area contributed by atoms with E-state index >= 15 is 0 Å². The standard InChI is InChI=1S/C17H30O/c1-11-6-5-7-13(15(11)18)14-10-12-8-9-17(14,4)16(12,2)3/h11-15,18H,5-10H2,1-4H3/t11-,12-,13-,14+,15+,17-/m1/s1. The van der Waals surface area contributed by atoms with Gasteiger partial charge in [-0.15, -0.1) is 0 Å². The van der Waals surface area contributed by atoms with Crippen molar-refractivity contribution in [2.24, 2.45) is 34.5 Å². The summed E-state index contributed by atoms with van der Waals surface area (Å²) in [6.07, 6.45) is 8.02. The monoisotopic (exact) mass is 250 g/mol. The maximum absolute atomic E-state index is 10.6. The summed E-state index contributed by atoms with van der Waals surface area (Å²) in [5.41, 5.74) is 0.985. The van der Waals surface area contributed by atoms with Crippen LogP contribution in [0.2, 0.25) is 0 Å². The first-order chi connectivity index (χ1) is 8.38. The molecule has 3 aliphatic carbocycles. The van der Waals surface area contributed by atoms with Crippen molar-refractivity contribution in [2.45, 2.75) is 72.3 Å². The normalized spacial score (nSPS) is 54.8. The minimum atomic E-state index is -0.0317. The smallest absolute Gasteiger partial charge is 0.0596 e. The van der Waals surface area contributed by atoms with Crippen molar-refractivity contribution < 1.29 is 5.11 Å². The van der Waals surface area contributed by atoms with Gasteiger partial charge >= 0.3 is 0 Å². The van der Waals surface area contributed by atoms with Gasteiger partial charge in [0.15, 0.2) is 0 Å². The topological polar surface area (TPSA) is 20.2 Å². The highest BCUT2D eigenvalue weighted by Gasteiger charge is 2.63. The predicted molar refractivity (Wildman–Crippen MR) is 75.2 cm³/mol. The first-order valence-electron chi connectivity index (χ1n) is 8.06. The molecule has 3 saturated carbocycles. The third kappa shape index (κ3) is 1.49. The Hall–Kier alpha value is -0.0400. The summed E-state index contributed by atoms with van der Waals surface area (Å²) in [4.78, 5) is 0. The molecule has 18 heavy (non-hydrogen) atoms. The van der Waals surface area contributed by atoms with Crippen LogP contribution in [-0.2, 0) is 0 Å². The molecule has 0 aromatic rings. The molecule has 0 saturated heterocycles. The molecule has 0 spiro atoms. The lowest BCUT2D eigenvalue weighted by Crippen LogP contribution is -2.43. The molecule has 1 heteroatoms. The highest BCUT2D eigenvalue weighted by molar-refractivity contribution is 5.12. The Morgan fingerprint density at radius 3 is 2.33 bits per heavy atom. The van der Waals surface area contributed by atoms with E-state index in [0.717, 1.165) is 11.8 Å². The number of rotatable bonds is 1. The van der Waals surface area contributed by atoms with Crippen molar-refractivity contribution in [1.29, 1.82) is 0 Å². The van der Waals surface area contributed by atoms with E-state index < -0.39 is 0 Å². The molecule has 0 aliphatic heterocycles. The minimum absolute atomic E-state index is 0.0317. The van der Waals surface area contributed by atoms with Crippen molar-refractivity contribution in [3.05, 3.63) is 0 Å². The SMILES string of the molecule is C[C@@H]1CCC[C@H]([C@@H]2C[C@H]3CC[C@@]2(C)C3(C)C)[C@H]1O. The van der Waals surface area contributed by atoms with Crippen LogP contribution in [0.25, 0.3) is 0 Å². The number of hydrogen-bond donors (Lipinski definition) is 1. The van der Waals surface area contributed by atoms with Gasteiger partial charge in [-0.25, -0.2) is 0 Å². The maximum Gasteiger partial charge on any atom is 0.0596 e. The Morgan fingerprint density at radius 2 is 1.78 bits per heavy atom. The number of hydrogen-bond acceptors (Lipinski definition) is 1. The van der Waals surface area contributed by atoms with Crippen LogP contribution in [0.1, 0.15) is 66.2 Å². The zero-order valence-electron chi connectivity index (χ0n) is 12.6. The Balaban J connectivity index is 1.86. The summed E-state index contributed by atoms with van der Waals surface area (Å²) in [5, 5.41) is 10.6. The van der Waals surface area contributed by atoms with E-state index in [-0.39, 0.29) is 6.10 Å². The van der Waals surface area contributed by atoms with Gasteiger partial charge < -0.3 is 5.11 Å². The molecule has 0 heterocycles. The van der Waals surface area contributed by atoms with Gasteiger partial charge in [0.05, 0.1) is 6.10 Å². The Bertz CT molecular complexity index is 335. The van der Waals surface area contributed by atoms with Gasteiger partial charge in [-0.1, -0.05) is 34.1 Å². The second kappa shape index (κ2) is 3.98. The van der Waals surface area contributed by atoms with E-state index in [1.807, 2.05) is 0 Å². The van der Waals surface area contributed by atoms with Gasteiger partial charge in [0.25, 0.3) is 0 Å². The van der Waals surface area contributed by atoms with Gasteiger partial charge in [-0.2, -0.15) is 0 Å². The molecule has 0 aromatic carbocycles. The van der Waals surface area contributed by atoms with Crippen LogP contribution in [0.5, 0.6) is 0 Å². The Labute approximate surface area is 112 Å².